The zero-order chi connectivity index (χ0) is 13.1. The van der Waals surface area contributed by atoms with E-state index in [1.54, 1.807) is 6.07 Å². The number of hydrogen-bond acceptors (Lipinski definition) is 1. The Bertz CT molecular complexity index is 415. The molecule has 0 N–H and O–H groups in total. The quantitative estimate of drug-likeness (QED) is 0.783. The van der Waals surface area contributed by atoms with Gasteiger partial charge in [0, 0.05) is 0 Å². The molecule has 0 aliphatic heterocycles. The maximum Gasteiger partial charge on any atom is 0.416 e. The summed E-state index contributed by atoms with van der Waals surface area (Å²) in [6.07, 6.45) is -3.96. The van der Waals surface area contributed by atoms with Crippen LogP contribution in [0, 0.1) is 23.2 Å². The Hall–Kier alpha value is -1.50. The number of hydrogen-bond donors (Lipinski definition) is 0. The van der Waals surface area contributed by atoms with E-state index < -0.39 is 11.7 Å². The fourth-order valence-electron chi connectivity index (χ4n) is 1.56. The van der Waals surface area contributed by atoms with Crippen LogP contribution in [0.25, 0.3) is 0 Å². The molecule has 1 aromatic carbocycles. The van der Waals surface area contributed by atoms with Crippen molar-refractivity contribution in [2.45, 2.75) is 26.4 Å². The minimum atomic E-state index is -4.32. The van der Waals surface area contributed by atoms with E-state index in [4.69, 9.17) is 5.26 Å². The maximum atomic E-state index is 12.5. The van der Waals surface area contributed by atoms with E-state index in [0.29, 0.717) is 12.0 Å². The third-order valence-electron chi connectivity index (χ3n) is 2.68. The lowest BCUT2D eigenvalue weighted by molar-refractivity contribution is -0.137. The lowest BCUT2D eigenvalue weighted by Crippen LogP contribution is -2.11. The van der Waals surface area contributed by atoms with Gasteiger partial charge in [0.15, 0.2) is 0 Å². The number of benzene rings is 1. The van der Waals surface area contributed by atoms with Crippen LogP contribution in [-0.2, 0) is 12.6 Å². The van der Waals surface area contributed by atoms with Crippen molar-refractivity contribution in [2.75, 3.05) is 0 Å². The second-order valence-corrected chi connectivity index (χ2v) is 4.38. The summed E-state index contributed by atoms with van der Waals surface area (Å²) in [7, 11) is 0. The molecular weight excluding hydrogens is 227 g/mol. The summed E-state index contributed by atoms with van der Waals surface area (Å²) in [4.78, 5) is 0. The summed E-state index contributed by atoms with van der Waals surface area (Å²) in [5, 5.41) is 8.91. The monoisotopic (exact) mass is 241 g/mol. The van der Waals surface area contributed by atoms with E-state index in [-0.39, 0.29) is 11.8 Å². The van der Waals surface area contributed by atoms with Crippen LogP contribution in [0.4, 0.5) is 13.2 Å². The van der Waals surface area contributed by atoms with Gasteiger partial charge in [-0.15, -0.1) is 0 Å². The Morgan fingerprint density at radius 3 is 2.41 bits per heavy atom. The normalized spacial score (nSPS) is 13.5. The fraction of sp³-hybridized carbons (Fsp3) is 0.462. The first-order valence-corrected chi connectivity index (χ1v) is 5.40. The van der Waals surface area contributed by atoms with E-state index in [1.165, 1.54) is 6.07 Å². The van der Waals surface area contributed by atoms with Gasteiger partial charge in [-0.1, -0.05) is 32.0 Å². The molecule has 17 heavy (non-hydrogen) atoms. The second kappa shape index (κ2) is 5.22. The van der Waals surface area contributed by atoms with Crippen molar-refractivity contribution in [3.63, 3.8) is 0 Å². The Labute approximate surface area is 98.9 Å². The van der Waals surface area contributed by atoms with Crippen molar-refractivity contribution in [3.05, 3.63) is 35.4 Å². The van der Waals surface area contributed by atoms with E-state index in [1.807, 2.05) is 13.8 Å². The summed E-state index contributed by atoms with van der Waals surface area (Å²) in [5.41, 5.74) is -0.101. The Morgan fingerprint density at radius 2 is 1.94 bits per heavy atom. The van der Waals surface area contributed by atoms with Gasteiger partial charge >= 0.3 is 6.18 Å². The zero-order valence-electron chi connectivity index (χ0n) is 9.75. The molecule has 4 heteroatoms. The van der Waals surface area contributed by atoms with E-state index >= 15 is 0 Å². The van der Waals surface area contributed by atoms with Crippen LogP contribution in [0.1, 0.15) is 25.0 Å². The third kappa shape index (κ3) is 3.77. The Morgan fingerprint density at radius 1 is 1.29 bits per heavy atom. The molecule has 0 amide bonds. The first-order valence-electron chi connectivity index (χ1n) is 5.40. The van der Waals surface area contributed by atoms with Crippen molar-refractivity contribution >= 4 is 0 Å². The standard InChI is InChI=1S/C13H14F3N/c1-9(2)11(8-17)6-10-4-3-5-12(7-10)13(14,15)16/h3-5,7,9,11H,6H2,1-2H3. The molecule has 1 aromatic rings. The summed E-state index contributed by atoms with van der Waals surface area (Å²) in [5.74, 6) is -0.118. The second-order valence-electron chi connectivity index (χ2n) is 4.38. The molecular formula is C13H14F3N. The minimum absolute atomic E-state index is 0.134. The van der Waals surface area contributed by atoms with Gasteiger partial charge in [-0.25, -0.2) is 0 Å². The highest BCUT2D eigenvalue weighted by Gasteiger charge is 2.30. The molecule has 0 aliphatic rings. The number of nitriles is 1. The highest BCUT2D eigenvalue weighted by Crippen LogP contribution is 2.30. The number of nitrogens with zero attached hydrogens (tertiary/aromatic N) is 1. The van der Waals surface area contributed by atoms with Crippen molar-refractivity contribution < 1.29 is 13.2 Å². The summed E-state index contributed by atoms with van der Waals surface area (Å²) in [6, 6.07) is 7.30. The van der Waals surface area contributed by atoms with E-state index in [9.17, 15) is 13.2 Å². The van der Waals surface area contributed by atoms with Crippen LogP contribution in [0.3, 0.4) is 0 Å². The first kappa shape index (κ1) is 13.6. The Kier molecular flexibility index (Phi) is 4.17. The smallest absolute Gasteiger partial charge is 0.198 e. The van der Waals surface area contributed by atoms with Gasteiger partial charge < -0.3 is 0 Å². The van der Waals surface area contributed by atoms with Crippen LogP contribution in [-0.4, -0.2) is 0 Å². The van der Waals surface area contributed by atoms with Crippen molar-refractivity contribution in [2.24, 2.45) is 11.8 Å². The van der Waals surface area contributed by atoms with Gasteiger partial charge in [0.25, 0.3) is 0 Å². The van der Waals surface area contributed by atoms with Gasteiger partial charge in [0.1, 0.15) is 0 Å². The highest BCUT2D eigenvalue weighted by molar-refractivity contribution is 5.26. The lowest BCUT2D eigenvalue weighted by Gasteiger charge is -2.14. The highest BCUT2D eigenvalue weighted by atomic mass is 19.4. The zero-order valence-corrected chi connectivity index (χ0v) is 9.75. The van der Waals surface area contributed by atoms with Gasteiger partial charge in [-0.05, 0) is 24.0 Å². The topological polar surface area (TPSA) is 23.8 Å². The molecule has 1 nitrogen and oxygen atoms in total. The van der Waals surface area contributed by atoms with Gasteiger partial charge in [-0.3, -0.25) is 0 Å². The van der Waals surface area contributed by atoms with E-state index in [2.05, 4.69) is 6.07 Å². The van der Waals surface area contributed by atoms with Crippen LogP contribution in [0.2, 0.25) is 0 Å². The van der Waals surface area contributed by atoms with Gasteiger partial charge in [0.05, 0.1) is 17.6 Å². The van der Waals surface area contributed by atoms with Crippen molar-refractivity contribution in [1.82, 2.24) is 0 Å². The van der Waals surface area contributed by atoms with E-state index in [0.717, 1.165) is 12.1 Å². The molecule has 1 unspecified atom stereocenters. The van der Waals surface area contributed by atoms with Crippen LogP contribution < -0.4 is 0 Å². The molecule has 0 saturated heterocycles. The molecule has 1 atom stereocenters. The molecule has 0 spiro atoms. The fourth-order valence-corrected chi connectivity index (χ4v) is 1.56. The molecule has 0 bridgehead atoms. The maximum absolute atomic E-state index is 12.5. The number of rotatable bonds is 3. The lowest BCUT2D eigenvalue weighted by atomic mass is 9.90. The molecule has 0 saturated carbocycles. The van der Waals surface area contributed by atoms with Gasteiger partial charge in [0.2, 0.25) is 0 Å². The number of halogens is 3. The molecule has 0 heterocycles. The predicted octanol–water partition coefficient (Wildman–Crippen LogP) is 4.04. The van der Waals surface area contributed by atoms with Crippen LogP contribution in [0.15, 0.2) is 24.3 Å². The molecule has 0 radical (unpaired) electrons. The average molecular weight is 241 g/mol. The summed E-state index contributed by atoms with van der Waals surface area (Å²) >= 11 is 0. The largest absolute Gasteiger partial charge is 0.416 e. The summed E-state index contributed by atoms with van der Waals surface area (Å²) in [6.45, 7) is 3.78. The SMILES string of the molecule is CC(C)C(C#N)Cc1cccc(C(F)(F)F)c1. The minimum Gasteiger partial charge on any atom is -0.198 e. The molecule has 0 aromatic heterocycles. The predicted molar refractivity (Wildman–Crippen MR) is 59.1 cm³/mol. The van der Waals surface area contributed by atoms with Crippen molar-refractivity contribution in [3.8, 4) is 6.07 Å². The molecule has 92 valence electrons. The van der Waals surface area contributed by atoms with Crippen molar-refractivity contribution in [1.29, 1.82) is 5.26 Å². The van der Waals surface area contributed by atoms with Crippen LogP contribution >= 0.6 is 0 Å². The third-order valence-corrected chi connectivity index (χ3v) is 2.68. The molecule has 1 rings (SSSR count). The molecule has 0 aliphatic carbocycles. The van der Waals surface area contributed by atoms with Crippen LogP contribution in [0.5, 0.6) is 0 Å². The summed E-state index contributed by atoms with van der Waals surface area (Å²) < 4.78 is 37.4. The van der Waals surface area contributed by atoms with Gasteiger partial charge in [-0.2, -0.15) is 18.4 Å². The average Bonchev–Trinajstić information content (AvgIpc) is 2.24. The Balaban J connectivity index is 2.90. The number of alkyl halides is 3. The first-order chi connectivity index (χ1) is 7.84. The molecule has 0 fully saturated rings.